The highest BCUT2D eigenvalue weighted by Crippen LogP contribution is 2.62. The number of hydrogen-bond donors (Lipinski definition) is 1. The molecule has 94 valence electrons. The van der Waals surface area contributed by atoms with Crippen LogP contribution in [0.1, 0.15) is 38.5 Å². The molecule has 0 amide bonds. The van der Waals surface area contributed by atoms with Crippen LogP contribution in [0.5, 0.6) is 0 Å². The highest BCUT2D eigenvalue weighted by Gasteiger charge is 2.55. The monoisotopic (exact) mass is 233 g/mol. The normalized spacial score (nSPS) is 52.1. The molecular formula is C14H23N3. The fourth-order valence-electron chi connectivity index (χ4n) is 5.76. The van der Waals surface area contributed by atoms with Crippen LogP contribution in [0, 0.1) is 23.2 Å². The zero-order chi connectivity index (χ0) is 11.6. The van der Waals surface area contributed by atoms with Crippen molar-refractivity contribution in [3.63, 3.8) is 0 Å². The quantitative estimate of drug-likeness (QED) is 0.751. The molecule has 2 N–H and O–H groups in total. The summed E-state index contributed by atoms with van der Waals surface area (Å²) in [5.74, 6) is 3.84. The van der Waals surface area contributed by atoms with Crippen molar-refractivity contribution in [3.8, 4) is 0 Å². The van der Waals surface area contributed by atoms with Gasteiger partial charge in [0.2, 0.25) is 0 Å². The molecule has 0 aromatic rings. The van der Waals surface area contributed by atoms with Gasteiger partial charge >= 0.3 is 0 Å². The van der Waals surface area contributed by atoms with E-state index >= 15 is 0 Å². The van der Waals surface area contributed by atoms with Gasteiger partial charge in [0.1, 0.15) is 0 Å². The van der Waals surface area contributed by atoms with Crippen LogP contribution in [0.15, 0.2) is 4.99 Å². The summed E-state index contributed by atoms with van der Waals surface area (Å²) in [6, 6.07) is 0.607. The highest BCUT2D eigenvalue weighted by molar-refractivity contribution is 5.80. The van der Waals surface area contributed by atoms with Crippen LogP contribution >= 0.6 is 0 Å². The van der Waals surface area contributed by atoms with E-state index in [1.807, 2.05) is 0 Å². The molecule has 3 nitrogen and oxygen atoms in total. The number of guanidine groups is 1. The first-order valence-electron chi connectivity index (χ1n) is 7.19. The zero-order valence-corrected chi connectivity index (χ0v) is 10.7. The van der Waals surface area contributed by atoms with Crippen LogP contribution in [-0.2, 0) is 0 Å². The molecule has 0 spiro atoms. The molecule has 1 heterocycles. The van der Waals surface area contributed by atoms with Crippen LogP contribution in [0.3, 0.4) is 0 Å². The van der Waals surface area contributed by atoms with E-state index in [-0.39, 0.29) is 0 Å². The lowest BCUT2D eigenvalue weighted by Gasteiger charge is -2.59. The van der Waals surface area contributed by atoms with Gasteiger partial charge in [-0.1, -0.05) is 0 Å². The van der Waals surface area contributed by atoms with Crippen LogP contribution < -0.4 is 5.73 Å². The molecule has 1 aliphatic heterocycles. The Balaban J connectivity index is 1.65. The van der Waals surface area contributed by atoms with Gasteiger partial charge in [0, 0.05) is 7.05 Å². The maximum Gasteiger partial charge on any atom is 0.191 e. The van der Waals surface area contributed by atoms with Gasteiger partial charge in [-0.2, -0.15) is 0 Å². The first-order chi connectivity index (χ1) is 8.16. The third kappa shape index (κ3) is 1.31. The minimum atomic E-state index is 0.564. The van der Waals surface area contributed by atoms with Crippen molar-refractivity contribution >= 4 is 5.96 Å². The maximum absolute atomic E-state index is 5.96. The van der Waals surface area contributed by atoms with Gasteiger partial charge in [-0.05, 0) is 61.7 Å². The molecule has 5 rings (SSSR count). The number of likely N-dealkylation sites (N-methyl/N-ethyl adjacent to an activating group) is 1. The minimum Gasteiger partial charge on any atom is -0.370 e. The largest absolute Gasteiger partial charge is 0.370 e. The van der Waals surface area contributed by atoms with E-state index in [4.69, 9.17) is 5.73 Å². The number of rotatable bonds is 1. The molecule has 0 aromatic carbocycles. The number of aliphatic imine (C=N–C) groups is 1. The van der Waals surface area contributed by atoms with E-state index < -0.39 is 0 Å². The first kappa shape index (κ1) is 10.2. The smallest absolute Gasteiger partial charge is 0.191 e. The standard InChI is InChI=1S/C14H23N3/c1-17-12(8-16-13(17)15)14-5-9-2-10(6-14)4-11(3-9)7-14/h9-12H,2-8H2,1H3,(H2,15,16). The summed E-state index contributed by atoms with van der Waals surface area (Å²) in [5.41, 5.74) is 6.53. The van der Waals surface area contributed by atoms with Gasteiger partial charge in [-0.25, -0.2) is 0 Å². The summed E-state index contributed by atoms with van der Waals surface area (Å²) in [6.07, 6.45) is 8.93. The first-order valence-corrected chi connectivity index (χ1v) is 7.19. The summed E-state index contributed by atoms with van der Waals surface area (Å²) in [7, 11) is 2.15. The van der Waals surface area contributed by atoms with Gasteiger partial charge < -0.3 is 10.6 Å². The van der Waals surface area contributed by atoms with Crippen LogP contribution in [0.4, 0.5) is 0 Å². The molecular weight excluding hydrogens is 210 g/mol. The van der Waals surface area contributed by atoms with E-state index in [0.717, 1.165) is 30.3 Å². The Kier molecular flexibility index (Phi) is 1.91. The molecule has 4 fully saturated rings. The molecule has 0 aromatic heterocycles. The molecule has 5 aliphatic rings. The van der Waals surface area contributed by atoms with E-state index in [2.05, 4.69) is 16.9 Å². The van der Waals surface area contributed by atoms with Crippen molar-refractivity contribution in [1.82, 2.24) is 4.90 Å². The van der Waals surface area contributed by atoms with E-state index in [1.54, 1.807) is 0 Å². The van der Waals surface area contributed by atoms with Gasteiger partial charge in [0.05, 0.1) is 12.6 Å². The Morgan fingerprint density at radius 1 is 1.12 bits per heavy atom. The van der Waals surface area contributed by atoms with Gasteiger partial charge in [-0.15, -0.1) is 0 Å². The topological polar surface area (TPSA) is 41.6 Å². The Morgan fingerprint density at radius 3 is 2.06 bits per heavy atom. The molecule has 0 radical (unpaired) electrons. The lowest BCUT2D eigenvalue weighted by Crippen LogP contribution is -2.57. The van der Waals surface area contributed by atoms with Gasteiger partial charge in [0.25, 0.3) is 0 Å². The Labute approximate surface area is 103 Å². The number of nitrogens with zero attached hydrogens (tertiary/aromatic N) is 2. The zero-order valence-electron chi connectivity index (χ0n) is 10.7. The molecule has 4 bridgehead atoms. The molecule has 3 heteroatoms. The summed E-state index contributed by atoms with van der Waals surface area (Å²) >= 11 is 0. The van der Waals surface area contributed by atoms with Crippen molar-refractivity contribution in [1.29, 1.82) is 0 Å². The Bertz CT molecular complexity index is 338. The van der Waals surface area contributed by atoms with Crippen LogP contribution in [0.2, 0.25) is 0 Å². The second-order valence-corrected chi connectivity index (χ2v) is 7.11. The number of nitrogens with two attached hydrogens (primary N) is 1. The fourth-order valence-corrected chi connectivity index (χ4v) is 5.76. The summed E-state index contributed by atoms with van der Waals surface area (Å²) < 4.78 is 0. The summed E-state index contributed by atoms with van der Waals surface area (Å²) in [6.45, 7) is 0.953. The second-order valence-electron chi connectivity index (χ2n) is 7.11. The molecule has 1 atom stereocenters. The summed E-state index contributed by atoms with van der Waals surface area (Å²) in [4.78, 5) is 6.75. The molecule has 0 saturated heterocycles. The van der Waals surface area contributed by atoms with Crippen LogP contribution in [-0.4, -0.2) is 30.5 Å². The lowest BCUT2D eigenvalue weighted by atomic mass is 9.47. The number of hydrogen-bond acceptors (Lipinski definition) is 3. The van der Waals surface area contributed by atoms with Crippen molar-refractivity contribution in [2.75, 3.05) is 13.6 Å². The third-order valence-corrected chi connectivity index (χ3v) is 6.05. The van der Waals surface area contributed by atoms with Crippen molar-refractivity contribution in [2.24, 2.45) is 33.9 Å². The predicted molar refractivity (Wildman–Crippen MR) is 68.6 cm³/mol. The third-order valence-electron chi connectivity index (χ3n) is 6.05. The average molecular weight is 233 g/mol. The highest BCUT2D eigenvalue weighted by atomic mass is 15.3. The van der Waals surface area contributed by atoms with Gasteiger partial charge in [-0.3, -0.25) is 4.99 Å². The molecule has 4 aliphatic carbocycles. The molecule has 1 unspecified atom stereocenters. The van der Waals surface area contributed by atoms with Gasteiger partial charge in [0.15, 0.2) is 5.96 Å². The van der Waals surface area contributed by atoms with Crippen molar-refractivity contribution in [3.05, 3.63) is 0 Å². The van der Waals surface area contributed by atoms with Crippen LogP contribution in [0.25, 0.3) is 0 Å². The second kappa shape index (κ2) is 3.18. The molecule has 17 heavy (non-hydrogen) atoms. The molecule has 4 saturated carbocycles. The average Bonchev–Trinajstić information content (AvgIpc) is 2.58. The predicted octanol–water partition coefficient (Wildman–Crippen LogP) is 1.83. The van der Waals surface area contributed by atoms with Crippen molar-refractivity contribution in [2.45, 2.75) is 44.6 Å². The lowest BCUT2D eigenvalue weighted by molar-refractivity contribution is -0.0822. The van der Waals surface area contributed by atoms with E-state index in [9.17, 15) is 0 Å². The Hall–Kier alpha value is -0.730. The minimum absolute atomic E-state index is 0.564. The maximum atomic E-state index is 5.96. The Morgan fingerprint density at radius 2 is 1.65 bits per heavy atom. The summed E-state index contributed by atoms with van der Waals surface area (Å²) in [5, 5.41) is 0. The van der Waals surface area contributed by atoms with Crippen molar-refractivity contribution < 1.29 is 0 Å². The van der Waals surface area contributed by atoms with E-state index in [0.29, 0.717) is 11.5 Å². The van der Waals surface area contributed by atoms with E-state index in [1.165, 1.54) is 38.5 Å². The SMILES string of the molecule is CN1C(N)=NCC1C12CC3CC(CC(C3)C1)C2. The fraction of sp³-hybridized carbons (Fsp3) is 0.929.